The standard InChI is InChI=1S/C25H34FN3O3/c1-4-27-24(28-13-10-19-8-9-22(30-2)23(16-19)31-3)29-18-25(11-14-32-15-12-25)20-6-5-7-21(26)17-20/h5-9,16-17H,4,10-15,18H2,1-3H3,(H2,27,28,29). The minimum absolute atomic E-state index is 0.211. The van der Waals surface area contributed by atoms with E-state index in [0.29, 0.717) is 19.8 Å². The summed E-state index contributed by atoms with van der Waals surface area (Å²) >= 11 is 0. The van der Waals surface area contributed by atoms with Crippen molar-refractivity contribution in [3.05, 3.63) is 59.4 Å². The zero-order valence-corrected chi connectivity index (χ0v) is 19.2. The van der Waals surface area contributed by atoms with Gasteiger partial charge in [0.1, 0.15) is 5.82 Å². The Morgan fingerprint density at radius 1 is 1.06 bits per heavy atom. The van der Waals surface area contributed by atoms with Crippen molar-refractivity contribution >= 4 is 5.96 Å². The highest BCUT2D eigenvalue weighted by molar-refractivity contribution is 5.79. The minimum atomic E-state index is -0.216. The maximum absolute atomic E-state index is 13.9. The van der Waals surface area contributed by atoms with E-state index in [1.807, 2.05) is 31.2 Å². The number of methoxy groups -OCH3 is 2. The van der Waals surface area contributed by atoms with Gasteiger partial charge in [-0.05, 0) is 61.6 Å². The Morgan fingerprint density at radius 3 is 2.53 bits per heavy atom. The Balaban J connectivity index is 1.68. The molecule has 1 aliphatic heterocycles. The molecule has 0 radical (unpaired) electrons. The summed E-state index contributed by atoms with van der Waals surface area (Å²) in [5.41, 5.74) is 1.92. The molecule has 1 saturated heterocycles. The van der Waals surface area contributed by atoms with Gasteiger partial charge < -0.3 is 24.8 Å². The van der Waals surface area contributed by atoms with Gasteiger partial charge in [0, 0.05) is 31.7 Å². The van der Waals surface area contributed by atoms with Crippen molar-refractivity contribution in [2.24, 2.45) is 4.99 Å². The van der Waals surface area contributed by atoms with E-state index in [1.165, 1.54) is 6.07 Å². The number of hydrogen-bond donors (Lipinski definition) is 2. The number of halogens is 1. The van der Waals surface area contributed by atoms with Gasteiger partial charge in [0.05, 0.1) is 20.8 Å². The third-order valence-corrected chi connectivity index (χ3v) is 5.93. The lowest BCUT2D eigenvalue weighted by atomic mass is 9.74. The van der Waals surface area contributed by atoms with Crippen LogP contribution >= 0.6 is 0 Å². The lowest BCUT2D eigenvalue weighted by Crippen LogP contribution is -2.41. The molecule has 6 nitrogen and oxygen atoms in total. The molecule has 7 heteroatoms. The first-order chi connectivity index (χ1) is 15.6. The normalized spacial score (nSPS) is 15.8. The number of hydrogen-bond acceptors (Lipinski definition) is 4. The average Bonchev–Trinajstić information content (AvgIpc) is 2.83. The molecule has 2 aromatic carbocycles. The molecule has 0 aromatic heterocycles. The quantitative estimate of drug-likeness (QED) is 0.457. The molecule has 0 amide bonds. The predicted molar refractivity (Wildman–Crippen MR) is 125 cm³/mol. The summed E-state index contributed by atoms with van der Waals surface area (Å²) in [6.07, 6.45) is 2.46. The van der Waals surface area contributed by atoms with Crippen LogP contribution in [0.5, 0.6) is 11.5 Å². The number of rotatable bonds is 9. The molecule has 0 unspecified atom stereocenters. The maximum Gasteiger partial charge on any atom is 0.191 e. The van der Waals surface area contributed by atoms with Gasteiger partial charge >= 0.3 is 0 Å². The maximum atomic E-state index is 13.9. The van der Waals surface area contributed by atoms with E-state index in [9.17, 15) is 4.39 Å². The number of guanidine groups is 1. The van der Waals surface area contributed by atoms with Gasteiger partial charge in [-0.2, -0.15) is 0 Å². The Kier molecular flexibility index (Phi) is 8.73. The summed E-state index contributed by atoms with van der Waals surface area (Å²) in [5, 5.41) is 6.73. The molecule has 0 atom stereocenters. The second-order valence-corrected chi connectivity index (χ2v) is 7.96. The number of benzene rings is 2. The Morgan fingerprint density at radius 2 is 1.84 bits per heavy atom. The van der Waals surface area contributed by atoms with Crippen LogP contribution in [0.2, 0.25) is 0 Å². The molecule has 32 heavy (non-hydrogen) atoms. The van der Waals surface area contributed by atoms with Gasteiger partial charge in [-0.15, -0.1) is 0 Å². The molecule has 2 aromatic rings. The van der Waals surface area contributed by atoms with Crippen LogP contribution in [0.15, 0.2) is 47.5 Å². The summed E-state index contributed by atoms with van der Waals surface area (Å²) in [6, 6.07) is 12.8. The molecule has 1 aliphatic rings. The molecule has 2 N–H and O–H groups in total. The molecule has 1 fully saturated rings. The van der Waals surface area contributed by atoms with Crippen molar-refractivity contribution in [2.75, 3.05) is 47.1 Å². The molecule has 0 saturated carbocycles. The van der Waals surface area contributed by atoms with Gasteiger partial charge in [0.2, 0.25) is 0 Å². The highest BCUT2D eigenvalue weighted by Crippen LogP contribution is 2.35. The van der Waals surface area contributed by atoms with Crippen LogP contribution in [0.4, 0.5) is 4.39 Å². The molecule has 0 aliphatic carbocycles. The summed E-state index contributed by atoms with van der Waals surface area (Å²) in [4.78, 5) is 4.88. The van der Waals surface area contributed by atoms with Crippen molar-refractivity contribution in [3.63, 3.8) is 0 Å². The molecule has 0 bridgehead atoms. The van der Waals surface area contributed by atoms with Gasteiger partial charge in [0.25, 0.3) is 0 Å². The largest absolute Gasteiger partial charge is 0.493 e. The number of aliphatic imine (C=N–C) groups is 1. The van der Waals surface area contributed by atoms with Crippen LogP contribution in [0.25, 0.3) is 0 Å². The van der Waals surface area contributed by atoms with Crippen molar-refractivity contribution < 1.29 is 18.6 Å². The predicted octanol–water partition coefficient (Wildman–Crippen LogP) is 3.69. The zero-order chi connectivity index (χ0) is 22.8. The smallest absolute Gasteiger partial charge is 0.191 e. The minimum Gasteiger partial charge on any atom is -0.493 e. The molecule has 0 spiro atoms. The molecular formula is C25H34FN3O3. The fraction of sp³-hybridized carbons (Fsp3) is 0.480. The van der Waals surface area contributed by atoms with Crippen molar-refractivity contribution in [1.82, 2.24) is 10.6 Å². The van der Waals surface area contributed by atoms with E-state index in [4.69, 9.17) is 19.2 Å². The highest BCUT2D eigenvalue weighted by atomic mass is 19.1. The second-order valence-electron chi connectivity index (χ2n) is 7.96. The number of nitrogens with zero attached hydrogens (tertiary/aromatic N) is 1. The molecular weight excluding hydrogens is 409 g/mol. The third kappa shape index (κ3) is 6.13. The number of nitrogens with one attached hydrogen (secondary N) is 2. The molecule has 3 rings (SSSR count). The van der Waals surface area contributed by atoms with E-state index >= 15 is 0 Å². The first kappa shape index (κ1) is 23.9. The monoisotopic (exact) mass is 443 g/mol. The summed E-state index contributed by atoms with van der Waals surface area (Å²) in [5.74, 6) is 1.99. The number of ether oxygens (including phenoxy) is 3. The topological polar surface area (TPSA) is 64.1 Å². The van der Waals surface area contributed by atoms with Crippen LogP contribution in [-0.2, 0) is 16.6 Å². The molecule has 1 heterocycles. The third-order valence-electron chi connectivity index (χ3n) is 5.93. The van der Waals surface area contributed by atoms with E-state index in [1.54, 1.807) is 26.4 Å². The summed E-state index contributed by atoms with van der Waals surface area (Å²) in [7, 11) is 3.27. The molecule has 174 valence electrons. The van der Waals surface area contributed by atoms with Crippen LogP contribution < -0.4 is 20.1 Å². The van der Waals surface area contributed by atoms with E-state index in [0.717, 1.165) is 60.9 Å². The average molecular weight is 444 g/mol. The van der Waals surface area contributed by atoms with Gasteiger partial charge in [0.15, 0.2) is 17.5 Å². The Labute approximate surface area is 190 Å². The first-order valence-electron chi connectivity index (χ1n) is 11.2. The Bertz CT molecular complexity index is 898. The zero-order valence-electron chi connectivity index (χ0n) is 19.2. The van der Waals surface area contributed by atoms with Gasteiger partial charge in [-0.1, -0.05) is 18.2 Å². The fourth-order valence-corrected chi connectivity index (χ4v) is 4.05. The summed E-state index contributed by atoms with van der Waals surface area (Å²) in [6.45, 7) is 5.42. The summed E-state index contributed by atoms with van der Waals surface area (Å²) < 4.78 is 30.2. The SMILES string of the molecule is CCNC(=NCC1(c2cccc(F)c2)CCOCC1)NCCc1ccc(OC)c(OC)c1. The van der Waals surface area contributed by atoms with Crippen LogP contribution in [0.1, 0.15) is 30.9 Å². The van der Waals surface area contributed by atoms with Crippen molar-refractivity contribution in [2.45, 2.75) is 31.6 Å². The fourth-order valence-electron chi connectivity index (χ4n) is 4.05. The van der Waals surface area contributed by atoms with Crippen LogP contribution in [0, 0.1) is 5.82 Å². The van der Waals surface area contributed by atoms with Crippen LogP contribution in [0.3, 0.4) is 0 Å². The van der Waals surface area contributed by atoms with E-state index in [-0.39, 0.29) is 11.2 Å². The lowest BCUT2D eigenvalue weighted by Gasteiger charge is -2.36. The Hall–Kier alpha value is -2.80. The van der Waals surface area contributed by atoms with Gasteiger partial charge in [-0.25, -0.2) is 4.39 Å². The van der Waals surface area contributed by atoms with E-state index < -0.39 is 0 Å². The van der Waals surface area contributed by atoms with Crippen LogP contribution in [-0.4, -0.2) is 53.0 Å². The highest BCUT2D eigenvalue weighted by Gasteiger charge is 2.34. The lowest BCUT2D eigenvalue weighted by molar-refractivity contribution is 0.0530. The van der Waals surface area contributed by atoms with E-state index in [2.05, 4.69) is 10.6 Å². The second kappa shape index (κ2) is 11.7. The van der Waals surface area contributed by atoms with Gasteiger partial charge in [-0.3, -0.25) is 4.99 Å². The van der Waals surface area contributed by atoms with Crippen molar-refractivity contribution in [3.8, 4) is 11.5 Å². The van der Waals surface area contributed by atoms with Crippen molar-refractivity contribution in [1.29, 1.82) is 0 Å². The first-order valence-corrected chi connectivity index (χ1v) is 11.2.